The molecule has 1 unspecified atom stereocenters. The van der Waals surface area contributed by atoms with Gasteiger partial charge in [0.2, 0.25) is 0 Å². The number of carbonyl (C=O) groups excluding carboxylic acids is 3. The summed E-state index contributed by atoms with van der Waals surface area (Å²) in [5.74, 6) is -2.73. The average molecular weight is 644 g/mol. The zero-order valence-corrected chi connectivity index (χ0v) is 25.9. The number of nitrogen functional groups attached to an aromatic ring is 1. The molecule has 47 heavy (non-hydrogen) atoms. The van der Waals surface area contributed by atoms with E-state index in [2.05, 4.69) is 20.9 Å². The van der Waals surface area contributed by atoms with Crippen molar-refractivity contribution in [1.29, 1.82) is 0 Å². The number of hydrogen-bond acceptors (Lipinski definition) is 9. The summed E-state index contributed by atoms with van der Waals surface area (Å²) in [6.45, 7) is 1.97. The van der Waals surface area contributed by atoms with Gasteiger partial charge in [-0.25, -0.2) is 4.98 Å². The Hall–Kier alpha value is -5.53. The van der Waals surface area contributed by atoms with Gasteiger partial charge in [-0.2, -0.15) is 0 Å². The lowest BCUT2D eigenvalue weighted by molar-refractivity contribution is -0.137. The third kappa shape index (κ3) is 6.86. The number of anilines is 3. The minimum Gasteiger partial charge on any atom is -0.481 e. The van der Waals surface area contributed by atoms with Crippen molar-refractivity contribution in [3.8, 4) is 0 Å². The Balaban J connectivity index is 1.36. The van der Waals surface area contributed by atoms with Crippen LogP contribution in [0.5, 0.6) is 0 Å². The number of aromatic nitrogens is 2. The van der Waals surface area contributed by atoms with Crippen LogP contribution in [0.15, 0.2) is 52.2 Å². The molecule has 1 saturated carbocycles. The molecule has 0 saturated heterocycles. The monoisotopic (exact) mass is 643 g/mol. The average Bonchev–Trinajstić information content (AvgIpc) is 3.50. The Morgan fingerprint density at radius 3 is 2.47 bits per heavy atom. The first-order chi connectivity index (χ1) is 22.4. The number of primary amides is 1. The summed E-state index contributed by atoms with van der Waals surface area (Å²) in [4.78, 5) is 78.1. The lowest BCUT2D eigenvalue weighted by atomic mass is 9.66. The Labute approximate surface area is 269 Å². The summed E-state index contributed by atoms with van der Waals surface area (Å²) in [5, 5.41) is 17.9. The van der Waals surface area contributed by atoms with Gasteiger partial charge in [0.15, 0.2) is 5.65 Å². The first kappa shape index (κ1) is 32.9. The standard InChI is InChI=1S/C33H37N7O7/c1-18(33(11-3-2-4-12-33)13-6-9-24(41)42)37-32(47)23-16-22(39-30-21(29(35)45)10-14-40(23)30)31(46)36-17-19-7-5-8-20(15-19)38-26-25(34)27(43)28(26)44/h5,7-8,10,14-16,18,38H,2-4,6,9,11-13,17,34H2,1H3,(H2,35,45)(H,36,46)(H,37,47)(H,41,42). The van der Waals surface area contributed by atoms with E-state index in [1.165, 1.54) is 22.7 Å². The van der Waals surface area contributed by atoms with Crippen molar-refractivity contribution in [3.63, 3.8) is 0 Å². The lowest BCUT2D eigenvalue weighted by Gasteiger charge is -2.42. The number of benzene rings is 1. The molecule has 4 aromatic rings. The molecule has 2 heterocycles. The van der Waals surface area contributed by atoms with Gasteiger partial charge in [0.25, 0.3) is 28.6 Å². The van der Waals surface area contributed by atoms with Crippen LogP contribution >= 0.6 is 0 Å². The van der Waals surface area contributed by atoms with Crippen molar-refractivity contribution < 1.29 is 24.3 Å². The summed E-state index contributed by atoms with van der Waals surface area (Å²) in [6, 6.07) is 9.26. The molecule has 0 spiro atoms. The van der Waals surface area contributed by atoms with Crippen LogP contribution in [0.2, 0.25) is 0 Å². The highest BCUT2D eigenvalue weighted by atomic mass is 16.4. The molecule has 1 aliphatic carbocycles. The van der Waals surface area contributed by atoms with Gasteiger partial charge < -0.3 is 32.5 Å². The topological polar surface area (TPSA) is 228 Å². The van der Waals surface area contributed by atoms with Crippen molar-refractivity contribution in [2.45, 2.75) is 70.9 Å². The molecule has 1 atom stereocenters. The number of nitrogens with zero attached hydrogens (tertiary/aromatic N) is 2. The zero-order chi connectivity index (χ0) is 33.9. The van der Waals surface area contributed by atoms with E-state index >= 15 is 0 Å². The highest BCUT2D eigenvalue weighted by molar-refractivity contribution is 6.03. The van der Waals surface area contributed by atoms with Crippen LogP contribution in [0.3, 0.4) is 0 Å². The summed E-state index contributed by atoms with van der Waals surface area (Å²) in [5.41, 5.74) is 10.5. The molecule has 5 rings (SSSR count). The van der Waals surface area contributed by atoms with E-state index in [1.54, 1.807) is 24.3 Å². The molecule has 246 valence electrons. The molecule has 0 radical (unpaired) electrons. The minimum atomic E-state index is -0.856. The molecule has 1 aliphatic rings. The van der Waals surface area contributed by atoms with Crippen LogP contribution in [-0.4, -0.2) is 44.2 Å². The van der Waals surface area contributed by atoms with Crippen molar-refractivity contribution in [3.05, 3.63) is 85.6 Å². The van der Waals surface area contributed by atoms with Gasteiger partial charge >= 0.3 is 5.97 Å². The second-order valence-corrected chi connectivity index (χ2v) is 12.1. The van der Waals surface area contributed by atoms with Gasteiger partial charge in [0, 0.05) is 30.9 Å². The second kappa shape index (κ2) is 13.4. The third-order valence-corrected chi connectivity index (χ3v) is 9.13. The first-order valence-electron chi connectivity index (χ1n) is 15.5. The maximum Gasteiger partial charge on any atom is 0.303 e. The van der Waals surface area contributed by atoms with Crippen LogP contribution in [0.1, 0.15) is 95.2 Å². The van der Waals surface area contributed by atoms with Gasteiger partial charge in [-0.15, -0.1) is 0 Å². The van der Waals surface area contributed by atoms with E-state index in [-0.39, 0.29) is 58.4 Å². The van der Waals surface area contributed by atoms with Crippen LogP contribution in [0.4, 0.5) is 17.1 Å². The molecule has 3 amide bonds. The van der Waals surface area contributed by atoms with E-state index < -0.39 is 34.5 Å². The first-order valence-corrected chi connectivity index (χ1v) is 15.5. The highest BCUT2D eigenvalue weighted by Gasteiger charge is 2.38. The van der Waals surface area contributed by atoms with E-state index in [0.29, 0.717) is 24.1 Å². The molecule has 1 fully saturated rings. The molecule has 2 aromatic carbocycles. The largest absolute Gasteiger partial charge is 0.481 e. The van der Waals surface area contributed by atoms with Crippen molar-refractivity contribution >= 4 is 46.4 Å². The van der Waals surface area contributed by atoms with Gasteiger partial charge in [0.1, 0.15) is 22.8 Å². The third-order valence-electron chi connectivity index (χ3n) is 9.13. The van der Waals surface area contributed by atoms with E-state index in [4.69, 9.17) is 11.5 Å². The Kier molecular flexibility index (Phi) is 9.40. The number of aliphatic carboxylic acids is 1. The Bertz CT molecular complexity index is 1930. The molecule has 0 bridgehead atoms. The van der Waals surface area contributed by atoms with Crippen molar-refractivity contribution in [1.82, 2.24) is 20.0 Å². The zero-order valence-electron chi connectivity index (χ0n) is 25.9. The smallest absolute Gasteiger partial charge is 0.303 e. The van der Waals surface area contributed by atoms with Crippen molar-refractivity contribution in [2.24, 2.45) is 11.1 Å². The van der Waals surface area contributed by atoms with Crippen LogP contribution in [0, 0.1) is 5.41 Å². The molecular formula is C33H37N7O7. The molecule has 14 heteroatoms. The van der Waals surface area contributed by atoms with Gasteiger partial charge in [-0.1, -0.05) is 31.4 Å². The summed E-state index contributed by atoms with van der Waals surface area (Å²) in [7, 11) is 0. The number of carboxylic acid groups (broad SMARTS) is 1. The minimum absolute atomic E-state index is 0.0148. The number of hydrogen-bond donors (Lipinski definition) is 6. The molecule has 2 aromatic heterocycles. The van der Waals surface area contributed by atoms with E-state index in [0.717, 1.165) is 32.1 Å². The maximum absolute atomic E-state index is 13.8. The van der Waals surface area contributed by atoms with E-state index in [9.17, 15) is 33.9 Å². The number of fused-ring (bicyclic) bond motifs is 1. The van der Waals surface area contributed by atoms with Gasteiger partial charge in [-0.05, 0) is 67.9 Å². The fourth-order valence-electron chi connectivity index (χ4n) is 6.44. The number of carboxylic acids is 1. The molecule has 8 N–H and O–H groups in total. The quantitative estimate of drug-likeness (QED) is 0.117. The molecule has 14 nitrogen and oxygen atoms in total. The number of carbonyl (C=O) groups is 4. The lowest BCUT2D eigenvalue weighted by Crippen LogP contribution is -2.47. The maximum atomic E-state index is 13.8. The summed E-state index contributed by atoms with van der Waals surface area (Å²) >= 11 is 0. The number of amides is 3. The fourth-order valence-corrected chi connectivity index (χ4v) is 6.44. The van der Waals surface area contributed by atoms with Gasteiger partial charge in [-0.3, -0.25) is 33.2 Å². The van der Waals surface area contributed by atoms with Crippen LogP contribution in [-0.2, 0) is 11.3 Å². The number of nitrogens with two attached hydrogens (primary N) is 2. The Morgan fingerprint density at radius 1 is 1.04 bits per heavy atom. The van der Waals surface area contributed by atoms with Gasteiger partial charge in [0.05, 0.1) is 5.56 Å². The molecular weight excluding hydrogens is 606 g/mol. The Morgan fingerprint density at radius 2 is 1.79 bits per heavy atom. The molecule has 0 aliphatic heterocycles. The van der Waals surface area contributed by atoms with Crippen molar-refractivity contribution in [2.75, 3.05) is 11.1 Å². The number of rotatable bonds is 13. The summed E-state index contributed by atoms with van der Waals surface area (Å²) in [6.07, 6.45) is 7.48. The second-order valence-electron chi connectivity index (χ2n) is 12.1. The predicted octanol–water partition coefficient (Wildman–Crippen LogP) is 2.61. The van der Waals surface area contributed by atoms with E-state index in [1.807, 2.05) is 6.92 Å². The van der Waals surface area contributed by atoms with Crippen LogP contribution in [0.25, 0.3) is 5.65 Å². The predicted molar refractivity (Wildman–Crippen MR) is 174 cm³/mol. The number of nitrogens with one attached hydrogen (secondary N) is 3. The van der Waals surface area contributed by atoms with Crippen LogP contribution < -0.4 is 38.3 Å². The summed E-state index contributed by atoms with van der Waals surface area (Å²) < 4.78 is 1.42. The highest BCUT2D eigenvalue weighted by Crippen LogP contribution is 2.43. The fraction of sp³-hybridized carbons (Fsp3) is 0.364. The SMILES string of the molecule is CC(NC(=O)c1cc(C(=O)NCc2cccc(Nc3c(N)c(=O)c3=O)c2)nc2c(C(N)=O)ccn12)C1(CCCC(=O)O)CCCCC1. The normalized spacial score (nSPS) is 14.8.